The highest BCUT2D eigenvalue weighted by Gasteiger charge is 2.32. The summed E-state index contributed by atoms with van der Waals surface area (Å²) >= 11 is 0. The topological polar surface area (TPSA) is 26.3 Å². The van der Waals surface area contributed by atoms with Gasteiger partial charge in [-0.15, -0.1) is 0 Å². The minimum atomic E-state index is -0.0421. The van der Waals surface area contributed by atoms with Gasteiger partial charge >= 0.3 is 5.97 Å². The van der Waals surface area contributed by atoms with E-state index in [1.165, 1.54) is 5.57 Å². The first-order chi connectivity index (χ1) is 13.1. The zero-order valence-corrected chi connectivity index (χ0v) is 21.1. The molecule has 0 fully saturated rings. The molecule has 2 heteroatoms. The van der Waals surface area contributed by atoms with Crippen molar-refractivity contribution in [1.82, 2.24) is 0 Å². The van der Waals surface area contributed by atoms with Crippen molar-refractivity contribution in [1.29, 1.82) is 0 Å². The van der Waals surface area contributed by atoms with E-state index in [0.717, 1.165) is 32.1 Å². The van der Waals surface area contributed by atoms with Crippen LogP contribution in [0.15, 0.2) is 23.3 Å². The lowest BCUT2D eigenvalue weighted by atomic mass is 9.67. The van der Waals surface area contributed by atoms with Crippen LogP contribution in [0.1, 0.15) is 108 Å². The molecule has 0 heterocycles. The number of carbonyl (C=O) groups excluding carboxylic acids is 1. The number of rotatable bonds is 9. The third-order valence-electron chi connectivity index (χ3n) is 6.83. The van der Waals surface area contributed by atoms with Gasteiger partial charge in [0.15, 0.2) is 0 Å². The SMILES string of the molecule is CC(CC(=O)OCCCC(C)(C)C(C)(C)C)CC1=CC=C(CC(C)(C)C)C(C)C1. The molecule has 29 heavy (non-hydrogen) atoms. The molecule has 1 aliphatic carbocycles. The summed E-state index contributed by atoms with van der Waals surface area (Å²) in [5.74, 6) is 0.906. The average molecular weight is 405 g/mol. The number of hydrogen-bond acceptors (Lipinski definition) is 2. The van der Waals surface area contributed by atoms with Crippen molar-refractivity contribution in [2.45, 2.75) is 108 Å². The van der Waals surface area contributed by atoms with Gasteiger partial charge in [-0.05, 0) is 60.2 Å². The smallest absolute Gasteiger partial charge is 0.306 e. The summed E-state index contributed by atoms with van der Waals surface area (Å²) < 4.78 is 5.53. The molecule has 0 saturated carbocycles. The molecular weight excluding hydrogens is 356 g/mol. The number of hydrogen-bond donors (Lipinski definition) is 0. The third kappa shape index (κ3) is 9.53. The number of ether oxygens (including phenoxy) is 1. The van der Waals surface area contributed by atoms with E-state index in [-0.39, 0.29) is 16.8 Å². The molecule has 0 amide bonds. The second kappa shape index (κ2) is 10.3. The second-order valence-electron chi connectivity index (χ2n) is 12.4. The Bertz CT molecular complexity index is 593. The van der Waals surface area contributed by atoms with Crippen molar-refractivity contribution in [3.63, 3.8) is 0 Å². The van der Waals surface area contributed by atoms with Crippen LogP contribution in [0.3, 0.4) is 0 Å². The lowest BCUT2D eigenvalue weighted by Gasteiger charge is -2.39. The van der Waals surface area contributed by atoms with Gasteiger partial charge in [0.2, 0.25) is 0 Å². The molecule has 168 valence electrons. The Morgan fingerprint density at radius 2 is 1.72 bits per heavy atom. The van der Waals surface area contributed by atoms with E-state index in [1.54, 1.807) is 5.57 Å². The van der Waals surface area contributed by atoms with E-state index in [9.17, 15) is 4.79 Å². The zero-order valence-electron chi connectivity index (χ0n) is 21.1. The number of allylic oxidation sites excluding steroid dienone is 4. The first-order valence-corrected chi connectivity index (χ1v) is 11.6. The first-order valence-electron chi connectivity index (χ1n) is 11.6. The highest BCUT2D eigenvalue weighted by molar-refractivity contribution is 5.69. The van der Waals surface area contributed by atoms with Gasteiger partial charge in [-0.1, -0.05) is 92.5 Å². The van der Waals surface area contributed by atoms with Gasteiger partial charge in [-0.3, -0.25) is 4.79 Å². The highest BCUT2D eigenvalue weighted by Crippen LogP contribution is 2.41. The van der Waals surface area contributed by atoms with Crippen LogP contribution in [0.2, 0.25) is 0 Å². The molecule has 2 atom stereocenters. The Balaban J connectivity index is 2.39. The van der Waals surface area contributed by atoms with Crippen molar-refractivity contribution < 1.29 is 9.53 Å². The van der Waals surface area contributed by atoms with Gasteiger partial charge in [0.05, 0.1) is 6.61 Å². The fourth-order valence-electron chi connectivity index (χ4n) is 3.92. The Morgan fingerprint density at radius 3 is 2.24 bits per heavy atom. The van der Waals surface area contributed by atoms with E-state index in [2.05, 4.69) is 81.4 Å². The quantitative estimate of drug-likeness (QED) is 0.286. The fourth-order valence-corrected chi connectivity index (χ4v) is 3.92. The summed E-state index contributed by atoms with van der Waals surface area (Å²) in [6.07, 6.45) is 10.5. The zero-order chi connectivity index (χ0) is 22.5. The van der Waals surface area contributed by atoms with Crippen molar-refractivity contribution in [3.05, 3.63) is 23.3 Å². The van der Waals surface area contributed by atoms with Gasteiger partial charge in [0.1, 0.15) is 0 Å². The molecule has 0 radical (unpaired) electrons. The maximum Gasteiger partial charge on any atom is 0.306 e. The van der Waals surface area contributed by atoms with Crippen molar-refractivity contribution in [3.8, 4) is 0 Å². The minimum absolute atomic E-state index is 0.0421. The van der Waals surface area contributed by atoms with Crippen LogP contribution < -0.4 is 0 Å². The number of esters is 1. The van der Waals surface area contributed by atoms with Crippen molar-refractivity contribution >= 4 is 5.97 Å². The van der Waals surface area contributed by atoms with E-state index < -0.39 is 0 Å². The molecule has 2 nitrogen and oxygen atoms in total. The average Bonchev–Trinajstić information content (AvgIpc) is 2.52. The predicted octanol–water partition coefficient (Wildman–Crippen LogP) is 8.13. The molecule has 0 spiro atoms. The fraction of sp³-hybridized carbons (Fsp3) is 0.815. The van der Waals surface area contributed by atoms with Crippen molar-refractivity contribution in [2.75, 3.05) is 6.61 Å². The largest absolute Gasteiger partial charge is 0.466 e. The maximum absolute atomic E-state index is 12.2. The van der Waals surface area contributed by atoms with Gasteiger partial charge in [-0.2, -0.15) is 0 Å². The second-order valence-corrected chi connectivity index (χ2v) is 12.4. The summed E-state index contributed by atoms with van der Waals surface area (Å²) in [5, 5.41) is 0. The minimum Gasteiger partial charge on any atom is -0.466 e. The summed E-state index contributed by atoms with van der Waals surface area (Å²) in [6.45, 7) is 23.4. The van der Waals surface area contributed by atoms with Gasteiger partial charge in [0.25, 0.3) is 0 Å². The monoisotopic (exact) mass is 404 g/mol. The van der Waals surface area contributed by atoms with E-state index in [4.69, 9.17) is 4.74 Å². The van der Waals surface area contributed by atoms with E-state index in [1.807, 2.05) is 0 Å². The summed E-state index contributed by atoms with van der Waals surface area (Å²) in [4.78, 5) is 12.2. The molecule has 0 aliphatic heterocycles. The molecule has 1 rings (SSSR count). The molecule has 0 aromatic carbocycles. The molecule has 0 bridgehead atoms. The van der Waals surface area contributed by atoms with Gasteiger partial charge < -0.3 is 4.74 Å². The Kier molecular flexibility index (Phi) is 9.24. The predicted molar refractivity (Wildman–Crippen MR) is 126 cm³/mol. The molecule has 0 aromatic rings. The van der Waals surface area contributed by atoms with Crippen LogP contribution >= 0.6 is 0 Å². The van der Waals surface area contributed by atoms with Gasteiger partial charge in [0, 0.05) is 6.42 Å². The third-order valence-corrected chi connectivity index (χ3v) is 6.83. The number of carbonyl (C=O) groups is 1. The van der Waals surface area contributed by atoms with Crippen LogP contribution in [0.4, 0.5) is 0 Å². The lowest BCUT2D eigenvalue weighted by molar-refractivity contribution is -0.145. The van der Waals surface area contributed by atoms with Crippen LogP contribution in [0.5, 0.6) is 0 Å². The van der Waals surface area contributed by atoms with Gasteiger partial charge in [-0.25, -0.2) is 0 Å². The summed E-state index contributed by atoms with van der Waals surface area (Å²) in [6, 6.07) is 0. The van der Waals surface area contributed by atoms with E-state index >= 15 is 0 Å². The van der Waals surface area contributed by atoms with Crippen LogP contribution in [-0.4, -0.2) is 12.6 Å². The van der Waals surface area contributed by atoms with Crippen LogP contribution in [0.25, 0.3) is 0 Å². The summed E-state index contributed by atoms with van der Waals surface area (Å²) in [5.41, 5.74) is 3.88. The van der Waals surface area contributed by atoms with Crippen LogP contribution in [0, 0.1) is 28.1 Å². The molecular formula is C27H48O2. The maximum atomic E-state index is 12.2. The Labute approximate surface area is 181 Å². The Hall–Kier alpha value is -1.05. The van der Waals surface area contributed by atoms with Crippen LogP contribution in [-0.2, 0) is 9.53 Å². The molecule has 0 N–H and O–H groups in total. The molecule has 0 saturated heterocycles. The standard InChI is InChI=1S/C27H48O2/c1-20(16-22-12-13-23(21(2)18-22)19-25(3,4)5)17-24(28)29-15-11-14-27(9,10)26(6,7)8/h12-13,20-21H,11,14-19H2,1-10H3. The normalized spacial score (nSPS) is 19.4. The first kappa shape index (κ1) is 26.0. The molecule has 1 aliphatic rings. The summed E-state index contributed by atoms with van der Waals surface area (Å²) in [7, 11) is 0. The molecule has 2 unspecified atom stereocenters. The molecule has 0 aromatic heterocycles. The highest BCUT2D eigenvalue weighted by atomic mass is 16.5. The Morgan fingerprint density at radius 1 is 1.10 bits per heavy atom. The lowest BCUT2D eigenvalue weighted by Crippen LogP contribution is -2.29. The van der Waals surface area contributed by atoms with Crippen molar-refractivity contribution in [2.24, 2.45) is 28.1 Å². The van der Waals surface area contributed by atoms with E-state index in [0.29, 0.717) is 30.3 Å².